The van der Waals surface area contributed by atoms with Crippen molar-refractivity contribution in [3.63, 3.8) is 0 Å². The largest absolute Gasteiger partial charge is 0.481 e. The number of benzene rings is 2. The van der Waals surface area contributed by atoms with Gasteiger partial charge in [-0.25, -0.2) is 0 Å². The normalized spacial score (nSPS) is 11.0. The van der Waals surface area contributed by atoms with Gasteiger partial charge in [0, 0.05) is 11.6 Å². The summed E-state index contributed by atoms with van der Waals surface area (Å²) in [5, 5.41) is 20.5. The van der Waals surface area contributed by atoms with Crippen LogP contribution in [0.2, 0.25) is 0 Å². The molecule has 0 aliphatic rings. The summed E-state index contributed by atoms with van der Waals surface area (Å²) < 4.78 is 5.71. The van der Waals surface area contributed by atoms with E-state index in [1.165, 1.54) is 19.1 Å². The molecule has 0 atom stereocenters. The number of hydrogen-bond acceptors (Lipinski definition) is 5. The average molecular weight is 313 g/mol. The van der Waals surface area contributed by atoms with E-state index in [-0.39, 0.29) is 45.0 Å². The number of rotatable bonds is 3. The first-order chi connectivity index (χ1) is 10.9. The van der Waals surface area contributed by atoms with Crippen LogP contribution in [0.4, 0.5) is 5.69 Å². The van der Waals surface area contributed by atoms with Gasteiger partial charge in [0.25, 0.3) is 5.69 Å². The predicted octanol–water partition coefficient (Wildman–Crippen LogP) is 2.79. The lowest BCUT2D eigenvalue weighted by Gasteiger charge is -2.07. The molecule has 0 aliphatic carbocycles. The maximum Gasteiger partial charge on any atom is 0.307 e. The van der Waals surface area contributed by atoms with E-state index < -0.39 is 10.9 Å². The van der Waals surface area contributed by atoms with Gasteiger partial charge in [-0.3, -0.25) is 19.7 Å². The van der Waals surface area contributed by atoms with Crippen molar-refractivity contribution in [2.75, 3.05) is 0 Å². The monoisotopic (exact) mass is 313 g/mol. The molecule has 3 rings (SSSR count). The topological polar surface area (TPSA) is 111 Å². The molecule has 0 unspecified atom stereocenters. The Morgan fingerprint density at radius 2 is 1.91 bits per heavy atom. The standard InChI is InChI=1S/C16H11NO6/c1-8-12(17(21)22)6-5-11-14(20)10-4-2-3-9(7-13(18)19)16(10)23-15(8)11/h2-6H,7H2,1H3,(H,18,19). The van der Waals surface area contributed by atoms with Crippen LogP contribution in [0.25, 0.3) is 21.9 Å². The van der Waals surface area contributed by atoms with Crippen LogP contribution < -0.4 is 5.43 Å². The van der Waals surface area contributed by atoms with Gasteiger partial charge in [-0.05, 0) is 19.1 Å². The number of nitrogens with zero attached hydrogens (tertiary/aromatic N) is 1. The van der Waals surface area contributed by atoms with Gasteiger partial charge in [-0.15, -0.1) is 0 Å². The van der Waals surface area contributed by atoms with Crippen molar-refractivity contribution >= 4 is 33.6 Å². The number of fused-ring (bicyclic) bond motifs is 2. The summed E-state index contributed by atoms with van der Waals surface area (Å²) >= 11 is 0. The Bertz CT molecular complexity index is 1030. The minimum Gasteiger partial charge on any atom is -0.481 e. The molecule has 7 heteroatoms. The number of aryl methyl sites for hydroxylation is 1. The van der Waals surface area contributed by atoms with Gasteiger partial charge < -0.3 is 9.52 Å². The molecule has 0 fully saturated rings. The Balaban J connectivity index is 2.46. The smallest absolute Gasteiger partial charge is 0.307 e. The fourth-order valence-electron chi connectivity index (χ4n) is 2.62. The summed E-state index contributed by atoms with van der Waals surface area (Å²) in [6.45, 7) is 1.50. The number of nitro groups is 1. The fourth-order valence-corrected chi connectivity index (χ4v) is 2.62. The number of carboxylic acids is 1. The van der Waals surface area contributed by atoms with Crippen molar-refractivity contribution < 1.29 is 19.2 Å². The molecular formula is C16H11NO6. The second-order valence-corrected chi connectivity index (χ2v) is 5.14. The average Bonchev–Trinajstić information content (AvgIpc) is 2.48. The van der Waals surface area contributed by atoms with Crippen molar-refractivity contribution in [3.05, 3.63) is 61.8 Å². The molecule has 0 aliphatic heterocycles. The highest BCUT2D eigenvalue weighted by Gasteiger charge is 2.19. The lowest BCUT2D eigenvalue weighted by atomic mass is 10.0. The molecule has 0 radical (unpaired) electrons. The summed E-state index contributed by atoms with van der Waals surface area (Å²) in [5.74, 6) is -1.06. The van der Waals surface area contributed by atoms with E-state index in [4.69, 9.17) is 9.52 Å². The summed E-state index contributed by atoms with van der Waals surface area (Å²) in [6.07, 6.45) is -0.306. The molecule has 3 aromatic rings. The first-order valence-electron chi connectivity index (χ1n) is 6.74. The molecule has 0 spiro atoms. The lowest BCUT2D eigenvalue weighted by molar-refractivity contribution is -0.385. The highest BCUT2D eigenvalue weighted by atomic mass is 16.6. The molecule has 0 amide bonds. The van der Waals surface area contributed by atoms with E-state index >= 15 is 0 Å². The Labute approximate surface area is 128 Å². The second-order valence-electron chi connectivity index (χ2n) is 5.14. The minimum atomic E-state index is -1.06. The maximum atomic E-state index is 12.6. The number of hydrogen-bond donors (Lipinski definition) is 1. The van der Waals surface area contributed by atoms with Gasteiger partial charge in [0.15, 0.2) is 0 Å². The van der Waals surface area contributed by atoms with Crippen LogP contribution in [0, 0.1) is 17.0 Å². The van der Waals surface area contributed by atoms with Crippen LogP contribution in [0.3, 0.4) is 0 Å². The van der Waals surface area contributed by atoms with Crippen molar-refractivity contribution in [3.8, 4) is 0 Å². The zero-order valence-electron chi connectivity index (χ0n) is 12.0. The van der Waals surface area contributed by atoms with Gasteiger partial charge >= 0.3 is 5.97 Å². The third-order valence-corrected chi connectivity index (χ3v) is 3.71. The third kappa shape index (κ3) is 2.32. The number of nitro benzene ring substituents is 1. The van der Waals surface area contributed by atoms with Gasteiger partial charge in [0.1, 0.15) is 11.2 Å². The lowest BCUT2D eigenvalue weighted by Crippen LogP contribution is -2.07. The van der Waals surface area contributed by atoms with E-state index in [1.807, 2.05) is 0 Å². The molecule has 0 saturated carbocycles. The van der Waals surface area contributed by atoms with E-state index in [0.29, 0.717) is 5.56 Å². The molecule has 0 saturated heterocycles. The summed E-state index contributed by atoms with van der Waals surface area (Å²) in [5.41, 5.74) is 0.337. The molecule has 7 nitrogen and oxygen atoms in total. The summed E-state index contributed by atoms with van der Waals surface area (Å²) in [4.78, 5) is 34.0. The van der Waals surface area contributed by atoms with Crippen LogP contribution in [0.15, 0.2) is 39.5 Å². The Morgan fingerprint density at radius 3 is 2.57 bits per heavy atom. The van der Waals surface area contributed by atoms with Crippen LogP contribution in [-0.4, -0.2) is 16.0 Å². The minimum absolute atomic E-state index is 0.106. The van der Waals surface area contributed by atoms with Crippen LogP contribution in [0.1, 0.15) is 11.1 Å². The van der Waals surface area contributed by atoms with Gasteiger partial charge in [0.05, 0.1) is 27.7 Å². The second kappa shape index (κ2) is 5.20. The molecular weight excluding hydrogens is 302 g/mol. The third-order valence-electron chi connectivity index (χ3n) is 3.71. The van der Waals surface area contributed by atoms with Gasteiger partial charge in [-0.1, -0.05) is 12.1 Å². The molecule has 2 aromatic carbocycles. The zero-order chi connectivity index (χ0) is 16.7. The Kier molecular flexibility index (Phi) is 3.33. The van der Waals surface area contributed by atoms with Crippen molar-refractivity contribution in [2.45, 2.75) is 13.3 Å². The van der Waals surface area contributed by atoms with Crippen molar-refractivity contribution in [1.82, 2.24) is 0 Å². The molecule has 1 aromatic heterocycles. The first-order valence-corrected chi connectivity index (χ1v) is 6.74. The maximum absolute atomic E-state index is 12.6. The Morgan fingerprint density at radius 1 is 1.22 bits per heavy atom. The van der Waals surface area contributed by atoms with E-state index in [2.05, 4.69) is 0 Å². The van der Waals surface area contributed by atoms with E-state index in [1.54, 1.807) is 18.2 Å². The summed E-state index contributed by atoms with van der Waals surface area (Å²) in [7, 11) is 0. The number of para-hydroxylation sites is 1. The Hall–Kier alpha value is -3.22. The van der Waals surface area contributed by atoms with Crippen LogP contribution >= 0.6 is 0 Å². The van der Waals surface area contributed by atoms with Crippen molar-refractivity contribution in [1.29, 1.82) is 0 Å². The molecule has 23 heavy (non-hydrogen) atoms. The highest BCUT2D eigenvalue weighted by molar-refractivity contribution is 5.94. The molecule has 1 N–H and O–H groups in total. The van der Waals surface area contributed by atoms with Crippen LogP contribution in [-0.2, 0) is 11.2 Å². The quantitative estimate of drug-likeness (QED) is 0.452. The van der Waals surface area contributed by atoms with Crippen LogP contribution in [0.5, 0.6) is 0 Å². The number of carbonyl (C=O) groups is 1. The van der Waals surface area contributed by atoms with E-state index in [9.17, 15) is 19.7 Å². The van der Waals surface area contributed by atoms with Gasteiger partial charge in [0.2, 0.25) is 5.43 Å². The van der Waals surface area contributed by atoms with Gasteiger partial charge in [-0.2, -0.15) is 0 Å². The van der Waals surface area contributed by atoms with E-state index in [0.717, 1.165) is 0 Å². The van der Waals surface area contributed by atoms with Crippen molar-refractivity contribution in [2.24, 2.45) is 0 Å². The molecule has 116 valence electrons. The molecule has 0 bridgehead atoms. The number of carboxylic acid groups (broad SMARTS) is 1. The number of aliphatic carboxylic acids is 1. The highest BCUT2D eigenvalue weighted by Crippen LogP contribution is 2.29. The summed E-state index contributed by atoms with van der Waals surface area (Å²) in [6, 6.07) is 7.30. The predicted molar refractivity (Wildman–Crippen MR) is 82.7 cm³/mol. The fraction of sp³-hybridized carbons (Fsp3) is 0.125. The zero-order valence-corrected chi connectivity index (χ0v) is 12.0. The molecule has 1 heterocycles. The SMILES string of the molecule is Cc1c([N+](=O)[O-])ccc2c(=O)c3cccc(CC(=O)O)c3oc12. The first kappa shape index (κ1) is 14.7.